The number of benzene rings is 2. The Kier molecular flexibility index (Phi) is 7.60. The molecule has 1 saturated heterocycles. The Morgan fingerprint density at radius 1 is 1.09 bits per heavy atom. The summed E-state index contributed by atoms with van der Waals surface area (Å²) in [6, 6.07) is 13.8. The van der Waals surface area contributed by atoms with E-state index in [1.165, 1.54) is 0 Å². The number of hydrogen-bond acceptors (Lipinski definition) is 4. The van der Waals surface area contributed by atoms with E-state index in [4.69, 9.17) is 9.47 Å². The monoisotopic (exact) mass is 465 g/mol. The summed E-state index contributed by atoms with van der Waals surface area (Å²) < 4.78 is 11.5. The van der Waals surface area contributed by atoms with Crippen LogP contribution in [-0.2, 0) is 11.3 Å². The van der Waals surface area contributed by atoms with Crippen molar-refractivity contribution >= 4 is 17.6 Å². The number of ether oxygens (including phenoxy) is 2. The molecular weight excluding hydrogens is 430 g/mol. The fraction of sp³-hybridized carbons (Fsp3) is 0.481. The van der Waals surface area contributed by atoms with E-state index in [-0.39, 0.29) is 24.0 Å². The van der Waals surface area contributed by atoms with Crippen molar-refractivity contribution < 1.29 is 19.1 Å². The zero-order chi connectivity index (χ0) is 24.1. The Hall–Kier alpha value is -3.22. The van der Waals surface area contributed by atoms with Crippen molar-refractivity contribution in [2.75, 3.05) is 31.1 Å². The molecule has 2 aliphatic rings. The minimum Gasteiger partial charge on any atom is -0.494 e. The Morgan fingerprint density at radius 3 is 2.50 bits per heavy atom. The lowest BCUT2D eigenvalue weighted by Gasteiger charge is -2.39. The van der Waals surface area contributed by atoms with Gasteiger partial charge < -0.3 is 19.7 Å². The molecule has 2 aromatic carbocycles. The lowest BCUT2D eigenvalue weighted by Crippen LogP contribution is -2.52. The fourth-order valence-corrected chi connectivity index (χ4v) is 4.56. The molecule has 0 radical (unpaired) electrons. The van der Waals surface area contributed by atoms with Crippen molar-refractivity contribution in [1.29, 1.82) is 0 Å². The molecule has 182 valence electrons. The van der Waals surface area contributed by atoms with E-state index in [9.17, 15) is 9.59 Å². The highest BCUT2D eigenvalue weighted by Crippen LogP contribution is 2.36. The molecule has 1 N–H and O–H groups in total. The quantitative estimate of drug-likeness (QED) is 0.681. The molecule has 0 aliphatic carbocycles. The highest BCUT2D eigenvalue weighted by atomic mass is 16.5. The molecule has 7 heteroatoms. The number of nitrogens with zero attached hydrogens (tertiary/aromatic N) is 2. The van der Waals surface area contributed by atoms with Crippen LogP contribution >= 0.6 is 0 Å². The highest BCUT2D eigenvalue weighted by molar-refractivity contribution is 5.94. The van der Waals surface area contributed by atoms with Gasteiger partial charge in [-0.25, -0.2) is 4.79 Å². The first-order valence-corrected chi connectivity index (χ1v) is 12.3. The largest absolute Gasteiger partial charge is 0.494 e. The van der Waals surface area contributed by atoms with E-state index in [1.54, 1.807) is 0 Å². The van der Waals surface area contributed by atoms with E-state index in [1.807, 2.05) is 66.1 Å². The first-order valence-electron chi connectivity index (χ1n) is 12.3. The topological polar surface area (TPSA) is 71.1 Å². The smallest absolute Gasteiger partial charge is 0.324 e. The van der Waals surface area contributed by atoms with Crippen LogP contribution < -0.4 is 19.7 Å². The molecular formula is C27H35N3O4. The number of fused-ring (bicyclic) bond motifs is 1. The number of anilines is 1. The van der Waals surface area contributed by atoms with Crippen LogP contribution in [0.2, 0.25) is 0 Å². The van der Waals surface area contributed by atoms with E-state index < -0.39 is 0 Å². The SMILES string of the molecule is CCOc1ccc(CNC(=O)C2CCN(C(=O)N3C[C@@H](CC)Oc4ccc(C)cc43)CC2)cc1. The van der Waals surface area contributed by atoms with Crippen LogP contribution in [0.5, 0.6) is 11.5 Å². The number of carbonyl (C=O) groups excluding carboxylic acids is 2. The summed E-state index contributed by atoms with van der Waals surface area (Å²) in [5, 5.41) is 3.05. The second-order valence-electron chi connectivity index (χ2n) is 9.07. The van der Waals surface area contributed by atoms with E-state index in [0.717, 1.165) is 34.7 Å². The maximum atomic E-state index is 13.4. The van der Waals surface area contributed by atoms with Crippen LogP contribution in [-0.4, -0.2) is 49.2 Å². The average Bonchev–Trinajstić information content (AvgIpc) is 2.87. The van der Waals surface area contributed by atoms with Crippen LogP contribution in [0.4, 0.5) is 10.5 Å². The van der Waals surface area contributed by atoms with Gasteiger partial charge >= 0.3 is 6.03 Å². The van der Waals surface area contributed by atoms with E-state index >= 15 is 0 Å². The normalized spacial score (nSPS) is 18.1. The molecule has 3 amide bonds. The van der Waals surface area contributed by atoms with Crippen molar-refractivity contribution in [3.63, 3.8) is 0 Å². The molecule has 2 aliphatic heterocycles. The summed E-state index contributed by atoms with van der Waals surface area (Å²) >= 11 is 0. The minimum absolute atomic E-state index is 0.00171. The molecule has 4 rings (SSSR count). The average molecular weight is 466 g/mol. The molecule has 2 heterocycles. The van der Waals surface area contributed by atoms with Crippen molar-refractivity contribution in [3.05, 3.63) is 53.6 Å². The van der Waals surface area contributed by atoms with Crippen molar-refractivity contribution in [2.24, 2.45) is 5.92 Å². The predicted octanol–water partition coefficient (Wildman–Crippen LogP) is 4.52. The maximum absolute atomic E-state index is 13.4. The maximum Gasteiger partial charge on any atom is 0.324 e. The molecule has 0 spiro atoms. The predicted molar refractivity (Wildman–Crippen MR) is 132 cm³/mol. The molecule has 1 fully saturated rings. The number of aryl methyl sites for hydroxylation is 1. The van der Waals surface area contributed by atoms with Gasteiger partial charge in [0, 0.05) is 25.6 Å². The number of carbonyl (C=O) groups is 2. The number of hydrogen-bond donors (Lipinski definition) is 1. The Labute approximate surface area is 202 Å². The van der Waals surface area contributed by atoms with Crippen LogP contribution in [0.1, 0.15) is 44.2 Å². The number of likely N-dealkylation sites (tertiary alicyclic amines) is 1. The third-order valence-electron chi connectivity index (χ3n) is 6.61. The van der Waals surface area contributed by atoms with Gasteiger partial charge in [0.1, 0.15) is 17.6 Å². The third kappa shape index (κ3) is 5.46. The van der Waals surface area contributed by atoms with Gasteiger partial charge in [0.05, 0.1) is 18.8 Å². The van der Waals surface area contributed by atoms with E-state index in [2.05, 4.69) is 12.2 Å². The van der Waals surface area contributed by atoms with Gasteiger partial charge in [0.15, 0.2) is 0 Å². The van der Waals surface area contributed by atoms with Gasteiger partial charge in [0.2, 0.25) is 5.91 Å². The number of nitrogens with one attached hydrogen (secondary N) is 1. The summed E-state index contributed by atoms with van der Waals surface area (Å²) in [7, 11) is 0. The van der Waals surface area contributed by atoms with Gasteiger partial charge in [-0.1, -0.05) is 25.1 Å². The molecule has 2 aromatic rings. The van der Waals surface area contributed by atoms with Gasteiger partial charge in [-0.05, 0) is 68.5 Å². The minimum atomic E-state index is -0.0747. The lowest BCUT2D eigenvalue weighted by atomic mass is 9.96. The summed E-state index contributed by atoms with van der Waals surface area (Å²) in [6.45, 7) is 8.88. The van der Waals surface area contributed by atoms with Crippen LogP contribution in [0.25, 0.3) is 0 Å². The first-order chi connectivity index (χ1) is 16.5. The van der Waals surface area contributed by atoms with Crippen molar-refractivity contribution in [1.82, 2.24) is 10.2 Å². The highest BCUT2D eigenvalue weighted by Gasteiger charge is 2.34. The van der Waals surface area contributed by atoms with Gasteiger partial charge in [-0.15, -0.1) is 0 Å². The molecule has 0 bridgehead atoms. The van der Waals surface area contributed by atoms with Gasteiger partial charge in [-0.3, -0.25) is 9.69 Å². The van der Waals surface area contributed by atoms with E-state index in [0.29, 0.717) is 45.6 Å². The lowest BCUT2D eigenvalue weighted by molar-refractivity contribution is -0.126. The Bertz CT molecular complexity index is 999. The number of amides is 3. The Morgan fingerprint density at radius 2 is 1.82 bits per heavy atom. The molecule has 7 nitrogen and oxygen atoms in total. The number of rotatable bonds is 6. The molecule has 0 unspecified atom stereocenters. The number of urea groups is 1. The Balaban J connectivity index is 1.31. The van der Waals surface area contributed by atoms with Gasteiger partial charge in [-0.2, -0.15) is 0 Å². The zero-order valence-electron chi connectivity index (χ0n) is 20.4. The van der Waals surface area contributed by atoms with Gasteiger partial charge in [0.25, 0.3) is 0 Å². The second kappa shape index (κ2) is 10.8. The third-order valence-corrected chi connectivity index (χ3v) is 6.61. The number of piperidine rings is 1. The fourth-order valence-electron chi connectivity index (χ4n) is 4.56. The standard InChI is InChI=1S/C27H35N3O4/c1-4-22-18-30(24-16-19(3)6-11-25(24)34-22)27(32)29-14-12-21(13-15-29)26(31)28-17-20-7-9-23(10-8-20)33-5-2/h6-11,16,21-22H,4-5,12-15,17-18H2,1-3H3,(H,28,31)/t22-/m1/s1. The zero-order valence-corrected chi connectivity index (χ0v) is 20.4. The molecule has 0 aromatic heterocycles. The first kappa shape index (κ1) is 23.9. The molecule has 1 atom stereocenters. The second-order valence-corrected chi connectivity index (χ2v) is 9.07. The van der Waals surface area contributed by atoms with Crippen molar-refractivity contribution in [2.45, 2.75) is 52.7 Å². The van der Waals surface area contributed by atoms with Crippen LogP contribution in [0.15, 0.2) is 42.5 Å². The van der Waals surface area contributed by atoms with Crippen molar-refractivity contribution in [3.8, 4) is 11.5 Å². The molecule has 34 heavy (non-hydrogen) atoms. The van der Waals surface area contributed by atoms with Crippen LogP contribution in [0, 0.1) is 12.8 Å². The summed E-state index contributed by atoms with van der Waals surface area (Å²) in [4.78, 5) is 29.9. The van der Waals surface area contributed by atoms with Crippen LogP contribution in [0.3, 0.4) is 0 Å². The summed E-state index contributed by atoms with van der Waals surface area (Å²) in [6.07, 6.45) is 2.17. The molecule has 0 saturated carbocycles. The summed E-state index contributed by atoms with van der Waals surface area (Å²) in [5.74, 6) is 1.58. The summed E-state index contributed by atoms with van der Waals surface area (Å²) in [5.41, 5.74) is 2.97.